The molecule has 0 radical (unpaired) electrons. The van der Waals surface area contributed by atoms with Crippen molar-refractivity contribution in [3.63, 3.8) is 0 Å². The van der Waals surface area contributed by atoms with Crippen molar-refractivity contribution in [2.24, 2.45) is 0 Å². The number of hydrogen-bond donors (Lipinski definition) is 2. The smallest absolute Gasteiger partial charge is 0.341 e. The van der Waals surface area contributed by atoms with Crippen LogP contribution in [0.2, 0.25) is 0 Å². The number of aliphatic carboxylic acids is 1. The van der Waals surface area contributed by atoms with Gasteiger partial charge in [-0.05, 0) is 44.9 Å². The Bertz CT molecular complexity index is 804. The fraction of sp³-hybridized carbons (Fsp3) is 0.927. The fourth-order valence-electron chi connectivity index (χ4n) is 6.73. The summed E-state index contributed by atoms with van der Waals surface area (Å²) in [5.74, 6) is -3.73. The lowest BCUT2D eigenvalue weighted by molar-refractivity contribution is -0.191. The molecular weight excluding hydrogens is 623 g/mol. The summed E-state index contributed by atoms with van der Waals surface area (Å²) in [6, 6.07) is 0. The van der Waals surface area contributed by atoms with Gasteiger partial charge in [0.2, 0.25) is 6.36 Å². The molecule has 0 fully saturated rings. The summed E-state index contributed by atoms with van der Waals surface area (Å²) in [7, 11) is 0. The van der Waals surface area contributed by atoms with Crippen LogP contribution >= 0.6 is 0 Å². The summed E-state index contributed by atoms with van der Waals surface area (Å²) >= 11 is 0. The summed E-state index contributed by atoms with van der Waals surface area (Å²) < 4.78 is 25.7. The first kappa shape index (κ1) is 47.3. The second-order valence-electron chi connectivity index (χ2n) is 14.7. The van der Waals surface area contributed by atoms with E-state index in [1.165, 1.54) is 77.0 Å². The molecule has 8 heteroatoms. The van der Waals surface area contributed by atoms with Crippen molar-refractivity contribution in [3.8, 4) is 0 Å². The van der Waals surface area contributed by atoms with E-state index in [4.69, 9.17) is 9.47 Å². The summed E-state index contributed by atoms with van der Waals surface area (Å²) in [4.78, 5) is 38.3. The molecule has 7 nitrogen and oxygen atoms in total. The fourth-order valence-corrected chi connectivity index (χ4v) is 6.73. The maximum Gasteiger partial charge on any atom is 0.341 e. The van der Waals surface area contributed by atoms with Crippen LogP contribution in [0.3, 0.4) is 0 Å². The van der Waals surface area contributed by atoms with Crippen LogP contribution in [0.25, 0.3) is 0 Å². The average molecular weight is 701 g/mol. The van der Waals surface area contributed by atoms with E-state index in [1.54, 1.807) is 0 Å². The van der Waals surface area contributed by atoms with Gasteiger partial charge in [-0.3, -0.25) is 9.59 Å². The zero-order valence-electron chi connectivity index (χ0n) is 32.3. The Balaban J connectivity index is 5.79. The molecule has 0 bridgehead atoms. The Kier molecular flexibility index (Phi) is 30.0. The van der Waals surface area contributed by atoms with Gasteiger partial charge in [0, 0.05) is 6.42 Å². The number of carboxylic acid groups (broad SMARTS) is 1. The maximum absolute atomic E-state index is 14.5. The molecule has 0 saturated heterocycles. The van der Waals surface area contributed by atoms with E-state index in [2.05, 4.69) is 20.8 Å². The molecular formula is C41H77FO7. The number of carboxylic acids is 1. The number of ether oxygens (including phenoxy) is 2. The van der Waals surface area contributed by atoms with Crippen molar-refractivity contribution < 1.29 is 38.5 Å². The molecule has 0 heterocycles. The molecule has 0 aliphatic rings. The Morgan fingerprint density at radius 2 is 0.898 bits per heavy atom. The van der Waals surface area contributed by atoms with E-state index in [0.29, 0.717) is 25.7 Å². The molecule has 0 aliphatic heterocycles. The van der Waals surface area contributed by atoms with Crippen LogP contribution in [-0.4, -0.2) is 45.7 Å². The molecule has 0 spiro atoms. The van der Waals surface area contributed by atoms with Gasteiger partial charge in [-0.1, -0.05) is 163 Å². The van der Waals surface area contributed by atoms with E-state index in [-0.39, 0.29) is 6.42 Å². The van der Waals surface area contributed by atoms with Crippen LogP contribution in [0.1, 0.15) is 227 Å². The summed E-state index contributed by atoms with van der Waals surface area (Å²) in [6.45, 7) is 8.64. The monoisotopic (exact) mass is 701 g/mol. The highest BCUT2D eigenvalue weighted by molar-refractivity contribution is 5.89. The van der Waals surface area contributed by atoms with E-state index >= 15 is 0 Å². The number of carbonyl (C=O) groups excluding carboxylic acids is 2. The molecule has 290 valence electrons. The average Bonchev–Trinajstić information content (AvgIpc) is 3.05. The third-order valence-corrected chi connectivity index (χ3v) is 9.82. The molecule has 0 amide bonds. The van der Waals surface area contributed by atoms with Gasteiger partial charge in [-0.15, -0.1) is 0 Å². The van der Waals surface area contributed by atoms with Crippen molar-refractivity contribution in [2.45, 2.75) is 244 Å². The molecule has 0 aliphatic carbocycles. The van der Waals surface area contributed by atoms with Gasteiger partial charge in [0.15, 0.2) is 5.60 Å². The first-order chi connectivity index (χ1) is 23.6. The molecule has 0 aromatic carbocycles. The third kappa shape index (κ3) is 25.8. The largest absolute Gasteiger partial charge is 0.481 e. The van der Waals surface area contributed by atoms with E-state index in [9.17, 15) is 29.0 Å². The van der Waals surface area contributed by atoms with Crippen LogP contribution in [0.5, 0.6) is 0 Å². The lowest BCUT2D eigenvalue weighted by Crippen LogP contribution is -2.47. The van der Waals surface area contributed by atoms with Crippen molar-refractivity contribution in [2.75, 3.05) is 0 Å². The number of unbranched alkanes of at least 4 members (excludes halogenated alkanes) is 21. The number of alkyl halides is 1. The predicted molar refractivity (Wildman–Crippen MR) is 198 cm³/mol. The number of rotatable bonds is 36. The minimum atomic E-state index is -2.71. The molecule has 0 saturated carbocycles. The van der Waals surface area contributed by atoms with Gasteiger partial charge in [-0.25, -0.2) is 9.18 Å². The molecule has 2 unspecified atom stereocenters. The Morgan fingerprint density at radius 3 is 1.27 bits per heavy atom. The Morgan fingerprint density at radius 1 is 0.551 bits per heavy atom. The second kappa shape index (κ2) is 31.1. The third-order valence-electron chi connectivity index (χ3n) is 9.82. The van der Waals surface area contributed by atoms with Gasteiger partial charge in [-0.2, -0.15) is 0 Å². The number of esters is 2. The summed E-state index contributed by atoms with van der Waals surface area (Å²) in [6.07, 6.45) is 25.2. The first-order valence-corrected chi connectivity index (χ1v) is 20.6. The van der Waals surface area contributed by atoms with Crippen LogP contribution in [0, 0.1) is 0 Å². The SMILES string of the molecule is CCCCCCCCCCCC(CCCCCCCC)(CCCCCCCC)OC(=O)CC(O)(CC(=O)O)C(=O)OC(F)CCCCCC. The van der Waals surface area contributed by atoms with E-state index in [0.717, 1.165) is 77.0 Å². The van der Waals surface area contributed by atoms with Crippen molar-refractivity contribution in [1.29, 1.82) is 0 Å². The number of halogens is 1. The lowest BCUT2D eigenvalue weighted by atomic mass is 9.84. The van der Waals surface area contributed by atoms with Crippen molar-refractivity contribution >= 4 is 17.9 Å². The van der Waals surface area contributed by atoms with Crippen LogP contribution < -0.4 is 0 Å². The minimum absolute atomic E-state index is 0.0439. The quantitative estimate of drug-likeness (QED) is 0.0494. The minimum Gasteiger partial charge on any atom is -0.481 e. The lowest BCUT2D eigenvalue weighted by Gasteiger charge is -2.35. The van der Waals surface area contributed by atoms with Crippen LogP contribution in [-0.2, 0) is 23.9 Å². The zero-order chi connectivity index (χ0) is 36.6. The van der Waals surface area contributed by atoms with Crippen LogP contribution in [0.15, 0.2) is 0 Å². The molecule has 2 atom stereocenters. The van der Waals surface area contributed by atoms with Crippen molar-refractivity contribution in [3.05, 3.63) is 0 Å². The Hall–Kier alpha value is -1.70. The maximum atomic E-state index is 14.5. The highest BCUT2D eigenvalue weighted by Gasteiger charge is 2.45. The van der Waals surface area contributed by atoms with Gasteiger partial charge in [0.1, 0.15) is 5.60 Å². The van der Waals surface area contributed by atoms with E-state index < -0.39 is 48.3 Å². The van der Waals surface area contributed by atoms with Gasteiger partial charge >= 0.3 is 17.9 Å². The molecule has 0 aromatic heterocycles. The van der Waals surface area contributed by atoms with Gasteiger partial charge in [0.05, 0.1) is 12.8 Å². The molecule has 0 rings (SSSR count). The summed E-state index contributed by atoms with van der Waals surface area (Å²) in [5.41, 5.74) is -3.45. The highest BCUT2D eigenvalue weighted by Crippen LogP contribution is 2.35. The van der Waals surface area contributed by atoms with Gasteiger partial charge in [0.25, 0.3) is 0 Å². The predicted octanol–water partition coefficient (Wildman–Crippen LogP) is 12.1. The Labute approximate surface area is 300 Å². The molecule has 2 N–H and O–H groups in total. The number of carbonyl (C=O) groups is 3. The van der Waals surface area contributed by atoms with E-state index in [1.807, 2.05) is 6.92 Å². The standard InChI is InChI=1S/C41H77FO7/c1-5-9-13-17-20-21-22-25-29-33-40(31-27-23-18-14-10-6-2,32-28-24-19-15-11-7-3)49-38(45)35-41(47,34-37(43)44)39(46)48-36(42)30-26-16-12-8-4/h36,47H,5-35H2,1-4H3,(H,43,44). The second-order valence-corrected chi connectivity index (χ2v) is 14.7. The first-order valence-electron chi connectivity index (χ1n) is 20.6. The zero-order valence-corrected chi connectivity index (χ0v) is 32.3. The topological polar surface area (TPSA) is 110 Å². The molecule has 0 aromatic rings. The number of aliphatic hydroxyl groups is 1. The summed E-state index contributed by atoms with van der Waals surface area (Å²) in [5, 5.41) is 20.7. The highest BCUT2D eigenvalue weighted by atomic mass is 19.1. The normalized spacial score (nSPS) is 13.6. The van der Waals surface area contributed by atoms with Crippen molar-refractivity contribution in [1.82, 2.24) is 0 Å². The van der Waals surface area contributed by atoms with Gasteiger partial charge < -0.3 is 19.7 Å². The van der Waals surface area contributed by atoms with Crippen LogP contribution in [0.4, 0.5) is 4.39 Å². The number of hydrogen-bond acceptors (Lipinski definition) is 6. The molecule has 49 heavy (non-hydrogen) atoms.